The number of carbonyl (C=O) groups excluding carboxylic acids is 1. The molecule has 1 amide bonds. The summed E-state index contributed by atoms with van der Waals surface area (Å²) in [6.07, 6.45) is 5.50. The van der Waals surface area contributed by atoms with Gasteiger partial charge in [0.2, 0.25) is 0 Å². The van der Waals surface area contributed by atoms with Crippen molar-refractivity contribution in [1.29, 1.82) is 0 Å². The molecule has 122 valence electrons. The molecule has 4 rings (SSSR count). The van der Waals surface area contributed by atoms with E-state index in [1.165, 1.54) is 4.80 Å². The van der Waals surface area contributed by atoms with E-state index in [0.29, 0.717) is 11.4 Å². The van der Waals surface area contributed by atoms with Crippen molar-refractivity contribution in [2.45, 2.75) is 32.4 Å². The first-order valence-electron chi connectivity index (χ1n) is 8.01. The van der Waals surface area contributed by atoms with E-state index in [4.69, 9.17) is 0 Å². The van der Waals surface area contributed by atoms with E-state index in [2.05, 4.69) is 25.1 Å². The zero-order valence-corrected chi connectivity index (χ0v) is 13.4. The lowest BCUT2D eigenvalue weighted by molar-refractivity contribution is 0.0921. The number of nitrogens with one attached hydrogen (secondary N) is 1. The van der Waals surface area contributed by atoms with E-state index in [1.807, 2.05) is 36.5 Å². The zero-order chi connectivity index (χ0) is 16.5. The molecule has 7 nitrogen and oxygen atoms in total. The third kappa shape index (κ3) is 2.68. The first-order chi connectivity index (χ1) is 11.7. The van der Waals surface area contributed by atoms with Gasteiger partial charge in [0.15, 0.2) is 5.69 Å². The Labute approximate surface area is 139 Å². The highest BCUT2D eigenvalue weighted by molar-refractivity contribution is 5.93. The van der Waals surface area contributed by atoms with Gasteiger partial charge < -0.3 is 9.88 Å². The second-order valence-corrected chi connectivity index (χ2v) is 5.96. The van der Waals surface area contributed by atoms with Crippen LogP contribution in [0.1, 0.15) is 28.4 Å². The van der Waals surface area contributed by atoms with Crippen molar-refractivity contribution in [1.82, 2.24) is 29.9 Å². The Hall–Kier alpha value is -2.96. The van der Waals surface area contributed by atoms with Crippen LogP contribution in [0.5, 0.6) is 0 Å². The van der Waals surface area contributed by atoms with Crippen LogP contribution in [0.4, 0.5) is 0 Å². The normalized spacial score (nSPS) is 16.6. The van der Waals surface area contributed by atoms with Crippen LogP contribution in [0, 0.1) is 6.92 Å². The van der Waals surface area contributed by atoms with E-state index >= 15 is 0 Å². The van der Waals surface area contributed by atoms with Crippen LogP contribution in [-0.2, 0) is 13.0 Å². The van der Waals surface area contributed by atoms with Crippen molar-refractivity contribution in [2.24, 2.45) is 0 Å². The molecule has 0 fully saturated rings. The lowest BCUT2D eigenvalue weighted by atomic mass is 10.1. The second-order valence-electron chi connectivity index (χ2n) is 5.96. The molecular formula is C17H18N6O. The van der Waals surface area contributed by atoms with Crippen molar-refractivity contribution >= 4 is 5.91 Å². The predicted molar refractivity (Wildman–Crippen MR) is 87.9 cm³/mol. The Morgan fingerprint density at radius 2 is 2.08 bits per heavy atom. The molecule has 0 aliphatic carbocycles. The highest BCUT2D eigenvalue weighted by atomic mass is 16.2. The van der Waals surface area contributed by atoms with Crippen LogP contribution in [0.15, 0.2) is 42.7 Å². The molecule has 3 aromatic rings. The Morgan fingerprint density at radius 3 is 2.92 bits per heavy atom. The third-order valence-corrected chi connectivity index (χ3v) is 4.25. The van der Waals surface area contributed by atoms with Gasteiger partial charge >= 0.3 is 0 Å². The Bertz CT molecular complexity index is 866. The fraction of sp³-hybridized carbons (Fsp3) is 0.294. The van der Waals surface area contributed by atoms with E-state index in [0.717, 1.165) is 30.9 Å². The molecule has 3 heterocycles. The van der Waals surface area contributed by atoms with Crippen molar-refractivity contribution in [3.05, 3.63) is 59.9 Å². The van der Waals surface area contributed by atoms with Crippen molar-refractivity contribution in [3.8, 4) is 5.69 Å². The summed E-state index contributed by atoms with van der Waals surface area (Å²) in [6, 6.07) is 9.66. The fourth-order valence-corrected chi connectivity index (χ4v) is 3.00. The Kier molecular flexibility index (Phi) is 3.60. The molecule has 1 aliphatic heterocycles. The quantitative estimate of drug-likeness (QED) is 0.793. The number of benzene rings is 1. The van der Waals surface area contributed by atoms with E-state index < -0.39 is 0 Å². The van der Waals surface area contributed by atoms with E-state index in [9.17, 15) is 4.79 Å². The highest BCUT2D eigenvalue weighted by Crippen LogP contribution is 2.14. The van der Waals surface area contributed by atoms with Gasteiger partial charge in [0.25, 0.3) is 5.91 Å². The van der Waals surface area contributed by atoms with Crippen LogP contribution >= 0.6 is 0 Å². The Morgan fingerprint density at radius 1 is 1.25 bits per heavy atom. The lowest BCUT2D eigenvalue weighted by Crippen LogP contribution is -2.41. The first-order valence-corrected chi connectivity index (χ1v) is 8.01. The van der Waals surface area contributed by atoms with Gasteiger partial charge in [-0.2, -0.15) is 9.90 Å². The molecular weight excluding hydrogens is 304 g/mol. The van der Waals surface area contributed by atoms with Gasteiger partial charge in [-0.1, -0.05) is 18.2 Å². The minimum absolute atomic E-state index is 0.0838. The number of amides is 1. The van der Waals surface area contributed by atoms with Gasteiger partial charge in [-0.25, -0.2) is 4.98 Å². The maximum absolute atomic E-state index is 12.6. The van der Waals surface area contributed by atoms with E-state index in [-0.39, 0.29) is 11.9 Å². The number of rotatable bonds is 3. The molecule has 1 N–H and O–H groups in total. The minimum Gasteiger partial charge on any atom is -0.346 e. The molecule has 0 spiro atoms. The molecule has 0 bridgehead atoms. The van der Waals surface area contributed by atoms with Crippen molar-refractivity contribution in [3.63, 3.8) is 0 Å². The number of imidazole rings is 1. The molecule has 0 saturated carbocycles. The van der Waals surface area contributed by atoms with Gasteiger partial charge in [-0.3, -0.25) is 4.79 Å². The maximum atomic E-state index is 12.6. The molecule has 1 unspecified atom stereocenters. The van der Waals surface area contributed by atoms with Gasteiger partial charge in [-0.15, -0.1) is 5.10 Å². The molecule has 1 aliphatic rings. The van der Waals surface area contributed by atoms with Crippen molar-refractivity contribution in [2.75, 3.05) is 0 Å². The molecule has 2 aromatic heterocycles. The summed E-state index contributed by atoms with van der Waals surface area (Å²) in [5.41, 5.74) is 1.83. The topological polar surface area (TPSA) is 77.6 Å². The number of hydrogen-bond acceptors (Lipinski definition) is 4. The summed E-state index contributed by atoms with van der Waals surface area (Å²) in [6.45, 7) is 2.54. The van der Waals surface area contributed by atoms with Gasteiger partial charge in [0.1, 0.15) is 5.82 Å². The number of nitrogens with zero attached hydrogens (tertiary/aromatic N) is 5. The summed E-state index contributed by atoms with van der Waals surface area (Å²) < 4.78 is 2.09. The van der Waals surface area contributed by atoms with Crippen LogP contribution < -0.4 is 5.32 Å². The van der Waals surface area contributed by atoms with Crippen molar-refractivity contribution < 1.29 is 4.79 Å². The summed E-state index contributed by atoms with van der Waals surface area (Å²) in [5, 5.41) is 11.8. The molecule has 1 atom stereocenters. The highest BCUT2D eigenvalue weighted by Gasteiger charge is 2.23. The number of aryl methyl sites for hydroxylation is 2. The number of para-hydroxylation sites is 1. The number of carbonyl (C=O) groups is 1. The van der Waals surface area contributed by atoms with Gasteiger partial charge in [0.05, 0.1) is 11.4 Å². The summed E-state index contributed by atoms with van der Waals surface area (Å²) >= 11 is 0. The standard InChI is InChI=1S/C17H18N6O/c1-12-16(21-23(20-12)14-5-3-2-4-6-14)17(24)19-13-7-8-15-18-9-10-22(15)11-13/h2-6,9-10,13H,7-8,11H2,1H3,(H,19,24). The fourth-order valence-electron chi connectivity index (χ4n) is 3.00. The monoisotopic (exact) mass is 322 g/mol. The molecule has 24 heavy (non-hydrogen) atoms. The van der Waals surface area contributed by atoms with Crippen LogP contribution in [-0.4, -0.2) is 36.5 Å². The van der Waals surface area contributed by atoms with Gasteiger partial charge in [0, 0.05) is 31.4 Å². The molecule has 0 radical (unpaired) electrons. The Balaban J connectivity index is 1.50. The average Bonchev–Trinajstić information content (AvgIpc) is 3.21. The second kappa shape index (κ2) is 5.92. The summed E-state index contributed by atoms with van der Waals surface area (Å²) in [5.74, 6) is 0.898. The van der Waals surface area contributed by atoms with E-state index in [1.54, 1.807) is 13.1 Å². The third-order valence-electron chi connectivity index (χ3n) is 4.25. The number of hydrogen-bond donors (Lipinski definition) is 1. The average molecular weight is 322 g/mol. The largest absolute Gasteiger partial charge is 0.346 e. The number of aromatic nitrogens is 5. The van der Waals surface area contributed by atoms with Crippen LogP contribution in [0.2, 0.25) is 0 Å². The minimum atomic E-state index is -0.178. The predicted octanol–water partition coefficient (Wildman–Crippen LogP) is 1.52. The van der Waals surface area contributed by atoms with Crippen LogP contribution in [0.3, 0.4) is 0 Å². The molecule has 1 aromatic carbocycles. The first kappa shape index (κ1) is 14.6. The smallest absolute Gasteiger partial charge is 0.274 e. The molecule has 0 saturated heterocycles. The molecule has 7 heteroatoms. The summed E-state index contributed by atoms with van der Waals surface area (Å²) in [4.78, 5) is 18.4. The van der Waals surface area contributed by atoms with Gasteiger partial charge in [-0.05, 0) is 25.5 Å². The summed E-state index contributed by atoms with van der Waals surface area (Å²) in [7, 11) is 0. The lowest BCUT2D eigenvalue weighted by Gasteiger charge is -2.24. The SMILES string of the molecule is Cc1nn(-c2ccccc2)nc1C(=O)NC1CCc2nccn2C1. The van der Waals surface area contributed by atoms with Crippen LogP contribution in [0.25, 0.3) is 5.69 Å². The zero-order valence-electron chi connectivity index (χ0n) is 13.4. The maximum Gasteiger partial charge on any atom is 0.274 e. The number of fused-ring (bicyclic) bond motifs is 1.